The van der Waals surface area contributed by atoms with Gasteiger partial charge in [0.1, 0.15) is 0 Å². The molecule has 1 atom stereocenters. The van der Waals surface area contributed by atoms with Crippen LogP contribution >= 0.6 is 0 Å². The van der Waals surface area contributed by atoms with Crippen molar-refractivity contribution in [3.8, 4) is 11.5 Å². The molecule has 11 heteroatoms. The molecule has 1 aromatic carbocycles. The average Bonchev–Trinajstić information content (AvgIpc) is 3.04. The first kappa shape index (κ1) is 37.4. The molecular formula is C30H51B2NO5Si3. The number of ether oxygens (including phenoxy) is 2. The maximum absolute atomic E-state index is 13.2. The van der Waals surface area contributed by atoms with E-state index in [4.69, 9.17) is 24.3 Å². The van der Waals surface area contributed by atoms with Crippen molar-refractivity contribution in [2.75, 3.05) is 13.7 Å². The fourth-order valence-electron chi connectivity index (χ4n) is 5.42. The van der Waals surface area contributed by atoms with E-state index >= 15 is 0 Å². The molecular weight excluding hydrogens is 560 g/mol. The van der Waals surface area contributed by atoms with E-state index in [1.54, 1.807) is 7.11 Å². The number of rotatable bonds is 11. The van der Waals surface area contributed by atoms with Crippen LogP contribution in [0.5, 0.6) is 11.5 Å². The largest absolute Gasteiger partial charge is 0.493 e. The summed E-state index contributed by atoms with van der Waals surface area (Å²) in [7, 11) is 3.66. The number of fused-ring (bicyclic) bond motifs is 1. The molecule has 1 aliphatic rings. The van der Waals surface area contributed by atoms with E-state index in [0.29, 0.717) is 24.5 Å². The minimum Gasteiger partial charge on any atom is -0.493 e. The van der Waals surface area contributed by atoms with Gasteiger partial charge in [-0.3, -0.25) is 0 Å². The molecule has 0 aromatic heterocycles. The normalized spacial score (nSPS) is 17.0. The standard InChI is InChI=1S/C30H51NO5Si3.B2/c1-21(20-39(15,35-37(9,10)11)36-38(12,13)14)19-34-26-16-22-23(27(31-7)28(32)29(2,3)4)18-30(5,6)24(22)17-25(26)33-8;1-2/h16-17,21H,18-20H2,1-6,8-15H3;/b27-23-;. The predicted octanol–water partition coefficient (Wildman–Crippen LogP) is 7.65. The van der Waals surface area contributed by atoms with Crippen molar-refractivity contribution in [3.05, 3.63) is 40.4 Å². The van der Waals surface area contributed by atoms with Gasteiger partial charge in [0.05, 0.1) is 20.3 Å². The summed E-state index contributed by atoms with van der Waals surface area (Å²) in [6.07, 6.45) is 0.622. The highest BCUT2D eigenvalue weighted by atomic mass is 28.5. The third kappa shape index (κ3) is 10.6. The minimum absolute atomic E-state index is 0.128. The van der Waals surface area contributed by atoms with Crippen LogP contribution < -0.4 is 9.47 Å². The van der Waals surface area contributed by atoms with E-state index in [9.17, 15) is 4.79 Å². The molecule has 41 heavy (non-hydrogen) atoms. The van der Waals surface area contributed by atoms with Crippen molar-refractivity contribution in [1.82, 2.24) is 0 Å². The number of ketones is 1. The minimum atomic E-state index is -2.41. The van der Waals surface area contributed by atoms with Gasteiger partial charge in [-0.05, 0) is 98.5 Å². The molecule has 0 saturated heterocycles. The maximum Gasteiger partial charge on any atom is 0.314 e. The summed E-state index contributed by atoms with van der Waals surface area (Å²) in [5, 5.41) is 0. The number of allylic oxidation sites excluding steroid dienone is 2. The Morgan fingerprint density at radius 2 is 1.54 bits per heavy atom. The van der Waals surface area contributed by atoms with Gasteiger partial charge in [0.25, 0.3) is 0 Å². The molecule has 6 nitrogen and oxygen atoms in total. The van der Waals surface area contributed by atoms with Gasteiger partial charge in [0.2, 0.25) is 5.70 Å². The Hall–Kier alpha value is -1.58. The van der Waals surface area contributed by atoms with Crippen LogP contribution in [-0.2, 0) is 18.4 Å². The van der Waals surface area contributed by atoms with E-state index in [1.807, 2.05) is 32.9 Å². The van der Waals surface area contributed by atoms with Gasteiger partial charge < -0.3 is 22.5 Å². The van der Waals surface area contributed by atoms with Gasteiger partial charge in [0, 0.05) is 20.9 Å². The monoisotopic (exact) mass is 611 g/mol. The van der Waals surface area contributed by atoms with Gasteiger partial charge in [-0.25, -0.2) is 4.85 Å². The van der Waals surface area contributed by atoms with Crippen LogP contribution in [-0.4, -0.2) is 60.2 Å². The van der Waals surface area contributed by atoms with Crippen molar-refractivity contribution in [3.63, 3.8) is 0 Å². The Morgan fingerprint density at radius 1 is 1.02 bits per heavy atom. The zero-order chi connectivity index (χ0) is 32.2. The summed E-state index contributed by atoms with van der Waals surface area (Å²) >= 11 is 0. The molecule has 4 radical (unpaired) electrons. The number of Topliss-reactive ketones (excluding diaryl/α,β-unsaturated/α-hetero) is 1. The highest BCUT2D eigenvalue weighted by Crippen LogP contribution is 2.51. The fourth-order valence-corrected chi connectivity index (χ4v) is 18.4. The van der Waals surface area contributed by atoms with Crippen molar-refractivity contribution in [1.29, 1.82) is 0 Å². The van der Waals surface area contributed by atoms with Crippen molar-refractivity contribution in [2.24, 2.45) is 11.3 Å². The van der Waals surface area contributed by atoms with E-state index < -0.39 is 30.6 Å². The topological polar surface area (TPSA) is 58.4 Å². The second-order valence-corrected chi connectivity index (χ2v) is 27.6. The predicted molar refractivity (Wildman–Crippen MR) is 180 cm³/mol. The second kappa shape index (κ2) is 13.8. The first-order chi connectivity index (χ1) is 18.5. The van der Waals surface area contributed by atoms with E-state index in [2.05, 4.69) is 86.9 Å². The summed E-state index contributed by atoms with van der Waals surface area (Å²) in [4.78, 5) is 17.0. The Balaban J connectivity index is 0.00000411. The lowest BCUT2D eigenvalue weighted by Crippen LogP contribution is -2.53. The lowest BCUT2D eigenvalue weighted by atomic mass is 9.81. The number of hydrogen-bond donors (Lipinski definition) is 0. The second-order valence-electron chi connectivity index (χ2n) is 14.8. The number of methoxy groups -OCH3 is 1. The molecule has 1 aromatic rings. The zero-order valence-corrected chi connectivity index (χ0v) is 31.0. The van der Waals surface area contributed by atoms with Crippen LogP contribution in [0, 0.1) is 17.9 Å². The molecule has 0 aliphatic heterocycles. The van der Waals surface area contributed by atoms with Crippen LogP contribution in [0.1, 0.15) is 59.1 Å². The molecule has 0 amide bonds. The molecule has 0 bridgehead atoms. The molecule has 0 fully saturated rings. The van der Waals surface area contributed by atoms with Gasteiger partial charge in [0.15, 0.2) is 33.9 Å². The van der Waals surface area contributed by atoms with Crippen LogP contribution in [0.3, 0.4) is 0 Å². The van der Waals surface area contributed by atoms with Gasteiger partial charge in [-0.15, -0.1) is 0 Å². The molecule has 0 spiro atoms. The Morgan fingerprint density at radius 3 is 1.95 bits per heavy atom. The lowest BCUT2D eigenvalue weighted by Gasteiger charge is -2.39. The smallest absolute Gasteiger partial charge is 0.314 e. The molecule has 1 unspecified atom stereocenters. The number of carbonyl (C=O) groups excluding carboxylic acids is 1. The average molecular weight is 612 g/mol. The highest BCUT2D eigenvalue weighted by Gasteiger charge is 2.42. The summed E-state index contributed by atoms with van der Waals surface area (Å²) in [6.45, 7) is 35.9. The fraction of sp³-hybridized carbons (Fsp3) is 0.667. The number of benzene rings is 1. The quantitative estimate of drug-likeness (QED) is 0.146. The van der Waals surface area contributed by atoms with E-state index in [-0.39, 0.29) is 22.8 Å². The van der Waals surface area contributed by atoms with Crippen molar-refractivity contribution >= 4 is 52.0 Å². The summed E-state index contributed by atoms with van der Waals surface area (Å²) in [5.41, 5.74) is 2.16. The van der Waals surface area contributed by atoms with Gasteiger partial charge in [-0.2, -0.15) is 0 Å². The van der Waals surface area contributed by atoms with Gasteiger partial charge in [-0.1, -0.05) is 41.5 Å². The Kier molecular flexibility index (Phi) is 12.6. The molecule has 0 saturated carbocycles. The Bertz CT molecular complexity index is 1140. The first-order valence-corrected chi connectivity index (χ1v) is 23.6. The van der Waals surface area contributed by atoms with Crippen LogP contribution in [0.4, 0.5) is 0 Å². The number of nitrogens with zero attached hydrogens (tertiary/aromatic N) is 1. The Labute approximate surface area is 256 Å². The molecule has 0 N–H and O–H groups in total. The summed E-state index contributed by atoms with van der Waals surface area (Å²) in [6, 6.07) is 4.84. The first-order valence-electron chi connectivity index (χ1n) is 14.3. The number of hydrogen-bond acceptors (Lipinski definition) is 5. The lowest BCUT2D eigenvalue weighted by molar-refractivity contribution is -0.122. The maximum atomic E-state index is 13.2. The zero-order valence-electron chi connectivity index (χ0n) is 28.0. The third-order valence-corrected chi connectivity index (χ3v) is 16.3. The van der Waals surface area contributed by atoms with E-state index in [0.717, 1.165) is 22.7 Å². The van der Waals surface area contributed by atoms with Gasteiger partial charge >= 0.3 is 8.56 Å². The van der Waals surface area contributed by atoms with Crippen molar-refractivity contribution in [2.45, 2.75) is 105 Å². The molecule has 224 valence electrons. The summed E-state index contributed by atoms with van der Waals surface area (Å²) in [5.74, 6) is 1.38. The highest BCUT2D eigenvalue weighted by molar-refractivity contribution is 6.87. The van der Waals surface area contributed by atoms with Crippen LogP contribution in [0.2, 0.25) is 51.9 Å². The summed E-state index contributed by atoms with van der Waals surface area (Å²) < 4.78 is 25.6. The molecule has 2 rings (SSSR count). The molecule has 1 aliphatic carbocycles. The third-order valence-electron chi connectivity index (χ3n) is 6.56. The molecule has 0 heterocycles. The van der Waals surface area contributed by atoms with Crippen molar-refractivity contribution < 1.29 is 22.5 Å². The number of carbonyl (C=O) groups is 1. The van der Waals surface area contributed by atoms with Crippen LogP contribution in [0.15, 0.2) is 17.8 Å². The van der Waals surface area contributed by atoms with Crippen LogP contribution in [0.25, 0.3) is 10.4 Å². The SMILES string of the molecule is [B][B].[C-]#[N+]/C(C(=O)C(C)(C)C)=C1/CC(C)(C)c2cc(OC)c(OCC(C)C[Si](C)(O[Si](C)(C)C)O[Si](C)(C)C)cc21. The van der Waals surface area contributed by atoms with E-state index in [1.165, 1.54) is 0 Å².